The third-order valence-corrected chi connectivity index (χ3v) is 2.13. The van der Waals surface area contributed by atoms with Crippen LogP contribution in [0, 0.1) is 0 Å². The SMILES string of the molecule is CCCn1ccn(CCCOC)c1=O. The van der Waals surface area contributed by atoms with E-state index < -0.39 is 0 Å². The van der Waals surface area contributed by atoms with Gasteiger partial charge >= 0.3 is 5.69 Å². The van der Waals surface area contributed by atoms with Gasteiger partial charge in [0.25, 0.3) is 0 Å². The Balaban J connectivity index is 2.56. The number of aryl methyl sites for hydroxylation is 2. The van der Waals surface area contributed by atoms with Crippen LogP contribution in [-0.2, 0) is 17.8 Å². The van der Waals surface area contributed by atoms with Crippen LogP contribution in [0.3, 0.4) is 0 Å². The molecule has 1 heterocycles. The Bertz CT molecular complexity index is 314. The zero-order valence-corrected chi connectivity index (χ0v) is 8.90. The number of hydrogen-bond acceptors (Lipinski definition) is 2. The fraction of sp³-hybridized carbons (Fsp3) is 0.700. The monoisotopic (exact) mass is 198 g/mol. The average Bonchev–Trinajstić information content (AvgIpc) is 2.51. The summed E-state index contributed by atoms with van der Waals surface area (Å²) in [6.07, 6.45) is 5.56. The maximum absolute atomic E-state index is 11.6. The van der Waals surface area contributed by atoms with Crippen LogP contribution in [0.15, 0.2) is 17.2 Å². The Morgan fingerprint density at radius 2 is 1.93 bits per heavy atom. The second-order valence-electron chi connectivity index (χ2n) is 3.31. The molecule has 80 valence electrons. The summed E-state index contributed by atoms with van der Waals surface area (Å²) in [6, 6.07) is 0. The minimum absolute atomic E-state index is 0.0861. The average molecular weight is 198 g/mol. The maximum Gasteiger partial charge on any atom is 0.328 e. The molecule has 1 aromatic rings. The first kappa shape index (κ1) is 11.0. The van der Waals surface area contributed by atoms with Crippen molar-refractivity contribution in [3.05, 3.63) is 22.9 Å². The normalized spacial score (nSPS) is 10.7. The molecule has 0 radical (unpaired) electrons. The predicted octanol–water partition coefficient (Wildman–Crippen LogP) is 1.10. The molecule has 0 saturated heterocycles. The third-order valence-electron chi connectivity index (χ3n) is 2.13. The van der Waals surface area contributed by atoms with E-state index in [4.69, 9.17) is 4.74 Å². The lowest BCUT2D eigenvalue weighted by Gasteiger charge is -2.00. The molecule has 0 atom stereocenters. The van der Waals surface area contributed by atoms with Crippen molar-refractivity contribution in [2.75, 3.05) is 13.7 Å². The van der Waals surface area contributed by atoms with Gasteiger partial charge < -0.3 is 4.74 Å². The van der Waals surface area contributed by atoms with E-state index in [-0.39, 0.29) is 5.69 Å². The first-order valence-corrected chi connectivity index (χ1v) is 5.04. The summed E-state index contributed by atoms with van der Waals surface area (Å²) in [5.41, 5.74) is 0.0861. The molecule has 0 fully saturated rings. The molecule has 14 heavy (non-hydrogen) atoms. The lowest BCUT2D eigenvalue weighted by atomic mass is 10.4. The summed E-state index contributed by atoms with van der Waals surface area (Å²) < 4.78 is 8.41. The van der Waals surface area contributed by atoms with Crippen molar-refractivity contribution in [1.82, 2.24) is 9.13 Å². The Morgan fingerprint density at radius 3 is 2.50 bits per heavy atom. The van der Waals surface area contributed by atoms with Crippen LogP contribution in [0.4, 0.5) is 0 Å². The van der Waals surface area contributed by atoms with Crippen molar-refractivity contribution in [1.29, 1.82) is 0 Å². The number of nitrogens with zero attached hydrogens (tertiary/aromatic N) is 2. The first-order chi connectivity index (χ1) is 6.79. The number of hydrogen-bond donors (Lipinski definition) is 0. The molecule has 0 N–H and O–H groups in total. The highest BCUT2D eigenvalue weighted by molar-refractivity contribution is 4.81. The standard InChI is InChI=1S/C10H18N2O2/c1-3-5-11-7-8-12(10(11)13)6-4-9-14-2/h7-8H,3-6,9H2,1-2H3. The summed E-state index contributed by atoms with van der Waals surface area (Å²) >= 11 is 0. The number of imidazole rings is 1. The van der Waals surface area contributed by atoms with E-state index in [1.807, 2.05) is 12.4 Å². The van der Waals surface area contributed by atoms with Crippen LogP contribution in [-0.4, -0.2) is 22.9 Å². The molecule has 0 spiro atoms. The predicted molar refractivity (Wildman–Crippen MR) is 55.5 cm³/mol. The smallest absolute Gasteiger partial charge is 0.328 e. The Labute approximate surface area is 84.1 Å². The molecule has 0 saturated carbocycles. The topological polar surface area (TPSA) is 36.2 Å². The van der Waals surface area contributed by atoms with E-state index in [9.17, 15) is 4.79 Å². The van der Waals surface area contributed by atoms with Gasteiger partial charge in [-0.15, -0.1) is 0 Å². The summed E-state index contributed by atoms with van der Waals surface area (Å²) in [7, 11) is 1.67. The zero-order chi connectivity index (χ0) is 10.4. The van der Waals surface area contributed by atoms with Crippen LogP contribution in [0.2, 0.25) is 0 Å². The van der Waals surface area contributed by atoms with E-state index >= 15 is 0 Å². The van der Waals surface area contributed by atoms with Gasteiger partial charge in [0.15, 0.2) is 0 Å². The Kier molecular flexibility index (Phi) is 4.46. The van der Waals surface area contributed by atoms with Crippen molar-refractivity contribution in [3.63, 3.8) is 0 Å². The largest absolute Gasteiger partial charge is 0.385 e. The molecular formula is C10H18N2O2. The lowest BCUT2D eigenvalue weighted by molar-refractivity contribution is 0.190. The van der Waals surface area contributed by atoms with Gasteiger partial charge in [0.05, 0.1) is 0 Å². The highest BCUT2D eigenvalue weighted by Crippen LogP contribution is 1.91. The zero-order valence-electron chi connectivity index (χ0n) is 8.90. The number of methoxy groups -OCH3 is 1. The molecule has 1 rings (SSSR count). The fourth-order valence-electron chi connectivity index (χ4n) is 1.41. The molecule has 0 amide bonds. The first-order valence-electron chi connectivity index (χ1n) is 5.04. The Morgan fingerprint density at radius 1 is 1.29 bits per heavy atom. The highest BCUT2D eigenvalue weighted by Gasteiger charge is 2.00. The van der Waals surface area contributed by atoms with Crippen LogP contribution < -0.4 is 5.69 Å². The number of rotatable bonds is 6. The van der Waals surface area contributed by atoms with Crippen LogP contribution in [0.1, 0.15) is 19.8 Å². The molecule has 1 aromatic heterocycles. The van der Waals surface area contributed by atoms with Crippen molar-refractivity contribution in [2.45, 2.75) is 32.9 Å². The van der Waals surface area contributed by atoms with Crippen molar-refractivity contribution >= 4 is 0 Å². The molecular weight excluding hydrogens is 180 g/mol. The van der Waals surface area contributed by atoms with E-state index in [1.165, 1.54) is 0 Å². The van der Waals surface area contributed by atoms with Gasteiger partial charge in [-0.3, -0.25) is 9.13 Å². The van der Waals surface area contributed by atoms with Crippen molar-refractivity contribution < 1.29 is 4.74 Å². The minimum atomic E-state index is 0.0861. The molecule has 0 aliphatic rings. The number of aromatic nitrogens is 2. The molecule has 0 aliphatic heterocycles. The molecule has 0 unspecified atom stereocenters. The highest BCUT2D eigenvalue weighted by atomic mass is 16.5. The van der Waals surface area contributed by atoms with Gasteiger partial charge in [0, 0.05) is 39.2 Å². The number of ether oxygens (including phenoxy) is 1. The lowest BCUT2D eigenvalue weighted by Crippen LogP contribution is -2.24. The summed E-state index contributed by atoms with van der Waals surface area (Å²) in [5, 5.41) is 0. The maximum atomic E-state index is 11.6. The van der Waals surface area contributed by atoms with Crippen molar-refractivity contribution in [2.24, 2.45) is 0 Å². The fourth-order valence-corrected chi connectivity index (χ4v) is 1.41. The van der Waals surface area contributed by atoms with E-state index in [2.05, 4.69) is 6.92 Å². The van der Waals surface area contributed by atoms with Crippen LogP contribution in [0.5, 0.6) is 0 Å². The van der Waals surface area contributed by atoms with Crippen LogP contribution >= 0.6 is 0 Å². The second kappa shape index (κ2) is 5.65. The van der Waals surface area contributed by atoms with Crippen molar-refractivity contribution in [3.8, 4) is 0 Å². The van der Waals surface area contributed by atoms with E-state index in [1.54, 1.807) is 16.2 Å². The van der Waals surface area contributed by atoms with Crippen LogP contribution in [0.25, 0.3) is 0 Å². The molecule has 0 aromatic carbocycles. The molecule has 4 nitrogen and oxygen atoms in total. The summed E-state index contributed by atoms with van der Waals surface area (Å²) in [6.45, 7) is 4.31. The third kappa shape index (κ3) is 2.73. The van der Waals surface area contributed by atoms with E-state index in [0.29, 0.717) is 6.61 Å². The van der Waals surface area contributed by atoms with Gasteiger partial charge in [-0.1, -0.05) is 6.92 Å². The Hall–Kier alpha value is -1.03. The summed E-state index contributed by atoms with van der Waals surface area (Å²) in [4.78, 5) is 11.6. The van der Waals surface area contributed by atoms with Gasteiger partial charge in [0.2, 0.25) is 0 Å². The summed E-state index contributed by atoms with van der Waals surface area (Å²) in [5.74, 6) is 0. The van der Waals surface area contributed by atoms with Gasteiger partial charge in [0.1, 0.15) is 0 Å². The quantitative estimate of drug-likeness (QED) is 0.642. The minimum Gasteiger partial charge on any atom is -0.385 e. The van der Waals surface area contributed by atoms with E-state index in [0.717, 1.165) is 25.9 Å². The molecule has 4 heteroatoms. The second-order valence-corrected chi connectivity index (χ2v) is 3.31. The molecule has 0 aliphatic carbocycles. The van der Waals surface area contributed by atoms with Gasteiger partial charge in [-0.05, 0) is 12.8 Å². The van der Waals surface area contributed by atoms with Gasteiger partial charge in [-0.2, -0.15) is 0 Å². The molecule has 0 bridgehead atoms. The van der Waals surface area contributed by atoms with Gasteiger partial charge in [-0.25, -0.2) is 4.79 Å².